The number of alkyl halides is 2. The van der Waals surface area contributed by atoms with Gasteiger partial charge in [-0.1, -0.05) is 50.1 Å². The molecule has 0 amide bonds. The van der Waals surface area contributed by atoms with Gasteiger partial charge in [0.15, 0.2) is 0 Å². The number of hydrogen-bond acceptors (Lipinski definition) is 1. The highest BCUT2D eigenvalue weighted by atomic mass is 79.9. The molecule has 1 aromatic rings. The van der Waals surface area contributed by atoms with Gasteiger partial charge in [-0.05, 0) is 24.5 Å². The molecule has 1 nitrogen and oxygen atoms in total. The van der Waals surface area contributed by atoms with Gasteiger partial charge in [0, 0.05) is 29.8 Å². The second kappa shape index (κ2) is 7.49. The van der Waals surface area contributed by atoms with E-state index in [4.69, 9.17) is 4.74 Å². The Morgan fingerprint density at radius 2 is 1.88 bits per heavy atom. The molecular formula is C13H17Br2FO. The highest BCUT2D eigenvalue weighted by Gasteiger charge is 2.31. The van der Waals surface area contributed by atoms with Crippen LogP contribution in [0.15, 0.2) is 24.3 Å². The second-order valence-electron chi connectivity index (χ2n) is 4.12. The van der Waals surface area contributed by atoms with Crippen molar-refractivity contribution in [1.82, 2.24) is 0 Å². The number of methoxy groups -OCH3 is 1. The first-order valence-corrected chi connectivity index (χ1v) is 7.80. The Balaban J connectivity index is 2.94. The van der Waals surface area contributed by atoms with Crippen LogP contribution in [0.25, 0.3) is 0 Å². The topological polar surface area (TPSA) is 9.23 Å². The third-order valence-corrected chi connectivity index (χ3v) is 5.11. The van der Waals surface area contributed by atoms with Crippen molar-refractivity contribution in [2.45, 2.75) is 18.3 Å². The minimum absolute atomic E-state index is 0.135. The molecule has 1 aromatic carbocycles. The summed E-state index contributed by atoms with van der Waals surface area (Å²) in [6, 6.07) is 6.99. The second-order valence-corrected chi connectivity index (χ2v) is 5.25. The standard InChI is InChI=1S/C13H17Br2FO/c1-17-8-4-7-13(9-14,10-15)11-5-2-3-6-12(11)16/h2-3,5-6H,4,7-10H2,1H3. The molecule has 0 atom stereocenters. The molecule has 0 N–H and O–H groups in total. The van der Waals surface area contributed by atoms with Crippen LogP contribution in [-0.4, -0.2) is 24.4 Å². The van der Waals surface area contributed by atoms with Crippen LogP contribution in [0.2, 0.25) is 0 Å². The van der Waals surface area contributed by atoms with Crippen LogP contribution in [0.3, 0.4) is 0 Å². The van der Waals surface area contributed by atoms with Crippen LogP contribution in [0.5, 0.6) is 0 Å². The average molecular weight is 368 g/mol. The van der Waals surface area contributed by atoms with Gasteiger partial charge in [0.25, 0.3) is 0 Å². The number of hydrogen-bond donors (Lipinski definition) is 0. The van der Waals surface area contributed by atoms with Crippen LogP contribution in [0, 0.1) is 5.82 Å². The quantitative estimate of drug-likeness (QED) is 0.516. The first-order chi connectivity index (χ1) is 8.20. The summed E-state index contributed by atoms with van der Waals surface area (Å²) in [5.74, 6) is -0.135. The lowest BCUT2D eigenvalue weighted by atomic mass is 9.80. The van der Waals surface area contributed by atoms with Crippen molar-refractivity contribution in [3.8, 4) is 0 Å². The van der Waals surface area contributed by atoms with E-state index in [0.717, 1.165) is 29.1 Å². The van der Waals surface area contributed by atoms with Crippen molar-refractivity contribution in [2.75, 3.05) is 24.4 Å². The number of rotatable bonds is 7. The summed E-state index contributed by atoms with van der Waals surface area (Å²) in [6.45, 7) is 0.705. The van der Waals surface area contributed by atoms with Crippen molar-refractivity contribution < 1.29 is 9.13 Å². The molecule has 96 valence electrons. The fourth-order valence-electron chi connectivity index (χ4n) is 1.89. The number of benzene rings is 1. The summed E-state index contributed by atoms with van der Waals surface area (Å²) < 4.78 is 19.0. The fraction of sp³-hybridized carbons (Fsp3) is 0.538. The zero-order chi connectivity index (χ0) is 12.7. The van der Waals surface area contributed by atoms with E-state index >= 15 is 0 Å². The van der Waals surface area contributed by atoms with E-state index in [1.807, 2.05) is 12.1 Å². The zero-order valence-corrected chi connectivity index (χ0v) is 13.1. The van der Waals surface area contributed by atoms with E-state index in [0.29, 0.717) is 6.61 Å². The predicted molar refractivity (Wildman–Crippen MR) is 76.8 cm³/mol. The average Bonchev–Trinajstić information content (AvgIpc) is 2.36. The van der Waals surface area contributed by atoms with E-state index in [9.17, 15) is 4.39 Å². The highest BCUT2D eigenvalue weighted by Crippen LogP contribution is 2.35. The molecule has 0 aliphatic rings. The maximum atomic E-state index is 13.9. The molecule has 4 heteroatoms. The van der Waals surface area contributed by atoms with Crippen LogP contribution in [-0.2, 0) is 10.2 Å². The van der Waals surface area contributed by atoms with Gasteiger partial charge in [0.1, 0.15) is 5.82 Å². The van der Waals surface area contributed by atoms with Crippen molar-refractivity contribution in [3.63, 3.8) is 0 Å². The highest BCUT2D eigenvalue weighted by molar-refractivity contribution is 9.09. The molecule has 0 radical (unpaired) electrons. The molecule has 0 aliphatic heterocycles. The third-order valence-electron chi connectivity index (χ3n) is 2.96. The van der Waals surface area contributed by atoms with Crippen LogP contribution >= 0.6 is 31.9 Å². The fourth-order valence-corrected chi connectivity index (χ4v) is 3.99. The van der Waals surface area contributed by atoms with Crippen LogP contribution < -0.4 is 0 Å². The lowest BCUT2D eigenvalue weighted by molar-refractivity contribution is 0.186. The van der Waals surface area contributed by atoms with Gasteiger partial charge in [-0.15, -0.1) is 0 Å². The molecule has 0 unspecified atom stereocenters. The maximum Gasteiger partial charge on any atom is 0.127 e. The molecule has 0 saturated heterocycles. The van der Waals surface area contributed by atoms with Gasteiger partial charge in [-0.25, -0.2) is 4.39 Å². The van der Waals surface area contributed by atoms with Gasteiger partial charge in [0.05, 0.1) is 0 Å². The summed E-state index contributed by atoms with van der Waals surface area (Å²) in [6.07, 6.45) is 1.81. The summed E-state index contributed by atoms with van der Waals surface area (Å²) in [5, 5.41) is 1.46. The summed E-state index contributed by atoms with van der Waals surface area (Å²) >= 11 is 7.04. The summed E-state index contributed by atoms with van der Waals surface area (Å²) in [4.78, 5) is 0. The van der Waals surface area contributed by atoms with Crippen LogP contribution in [0.4, 0.5) is 4.39 Å². The third kappa shape index (κ3) is 3.76. The molecule has 0 spiro atoms. The van der Waals surface area contributed by atoms with Crippen molar-refractivity contribution in [1.29, 1.82) is 0 Å². The molecule has 0 heterocycles. The molecular weight excluding hydrogens is 351 g/mol. The smallest absolute Gasteiger partial charge is 0.127 e. The Bertz CT molecular complexity index is 340. The Morgan fingerprint density at radius 3 is 2.41 bits per heavy atom. The largest absolute Gasteiger partial charge is 0.385 e. The lowest BCUT2D eigenvalue weighted by Crippen LogP contribution is -2.31. The SMILES string of the molecule is COCCCC(CBr)(CBr)c1ccccc1F. The van der Waals surface area contributed by atoms with Gasteiger partial charge >= 0.3 is 0 Å². The summed E-state index contributed by atoms with van der Waals surface area (Å²) in [7, 11) is 1.69. The maximum absolute atomic E-state index is 13.9. The molecule has 0 fully saturated rings. The van der Waals surface area contributed by atoms with E-state index in [1.54, 1.807) is 13.2 Å². The normalized spacial score (nSPS) is 11.8. The van der Waals surface area contributed by atoms with Gasteiger partial charge in [-0.2, -0.15) is 0 Å². The number of halogens is 3. The Labute approximate surface area is 119 Å². The van der Waals surface area contributed by atoms with E-state index in [-0.39, 0.29) is 11.2 Å². The Morgan fingerprint density at radius 1 is 1.24 bits per heavy atom. The minimum Gasteiger partial charge on any atom is -0.385 e. The first kappa shape index (κ1) is 15.1. The first-order valence-electron chi connectivity index (χ1n) is 5.56. The predicted octanol–water partition coefficient (Wildman–Crippen LogP) is 4.28. The Kier molecular flexibility index (Phi) is 6.67. The van der Waals surface area contributed by atoms with Crippen molar-refractivity contribution in [3.05, 3.63) is 35.6 Å². The monoisotopic (exact) mass is 366 g/mol. The molecule has 0 saturated carbocycles. The molecule has 17 heavy (non-hydrogen) atoms. The van der Waals surface area contributed by atoms with Crippen molar-refractivity contribution in [2.24, 2.45) is 0 Å². The van der Waals surface area contributed by atoms with E-state index in [1.165, 1.54) is 6.07 Å². The van der Waals surface area contributed by atoms with Crippen LogP contribution in [0.1, 0.15) is 18.4 Å². The minimum atomic E-state index is -0.204. The molecule has 0 bridgehead atoms. The van der Waals surface area contributed by atoms with Gasteiger partial charge in [-0.3, -0.25) is 0 Å². The lowest BCUT2D eigenvalue weighted by Gasteiger charge is -2.31. The van der Waals surface area contributed by atoms with Crippen molar-refractivity contribution >= 4 is 31.9 Å². The summed E-state index contributed by atoms with van der Waals surface area (Å²) in [5.41, 5.74) is 0.564. The van der Waals surface area contributed by atoms with E-state index < -0.39 is 0 Å². The Hall–Kier alpha value is 0.0700. The van der Waals surface area contributed by atoms with Gasteiger partial charge < -0.3 is 4.74 Å². The molecule has 0 aliphatic carbocycles. The van der Waals surface area contributed by atoms with E-state index in [2.05, 4.69) is 31.9 Å². The van der Waals surface area contributed by atoms with Gasteiger partial charge in [0.2, 0.25) is 0 Å². The molecule has 0 aromatic heterocycles. The zero-order valence-electron chi connectivity index (χ0n) is 9.89. The number of ether oxygens (including phenoxy) is 1. The molecule has 1 rings (SSSR count).